The third kappa shape index (κ3) is 3.80. The molecule has 0 spiro atoms. The normalized spacial score (nSPS) is 11.9. The number of carboxylic acid groups (broad SMARTS) is 1. The number of carbonyl (C=O) groups excluding carboxylic acids is 1. The topological polar surface area (TPSA) is 78.4 Å². The van der Waals surface area contributed by atoms with E-state index >= 15 is 0 Å². The SMILES string of the molecule is CC(CC(=O)O)NC(=O)Nc1c(F)c(F)c(F)c(F)c1F. The molecule has 0 fully saturated rings. The number of nitrogens with one attached hydrogen (secondary N) is 2. The standard InChI is InChI=1S/C11H9F5N2O3/c1-3(2-4(19)20)17-11(21)18-10-8(15)6(13)5(12)7(14)9(10)16/h3H,2H2,1H3,(H,19,20)(H2,17,18,21). The highest BCUT2D eigenvalue weighted by Gasteiger charge is 2.27. The van der Waals surface area contributed by atoms with Gasteiger partial charge in [0, 0.05) is 6.04 Å². The van der Waals surface area contributed by atoms with Gasteiger partial charge in [0.1, 0.15) is 5.69 Å². The molecular formula is C11H9F5N2O3. The Hall–Kier alpha value is -2.39. The minimum atomic E-state index is -2.35. The lowest BCUT2D eigenvalue weighted by Crippen LogP contribution is -2.37. The Labute approximate surface area is 114 Å². The number of halogens is 5. The van der Waals surface area contributed by atoms with Crippen LogP contribution < -0.4 is 10.6 Å². The van der Waals surface area contributed by atoms with Crippen LogP contribution in [0, 0.1) is 29.1 Å². The molecule has 0 aliphatic rings. The van der Waals surface area contributed by atoms with Crippen molar-refractivity contribution in [3.63, 3.8) is 0 Å². The van der Waals surface area contributed by atoms with E-state index in [1.165, 1.54) is 12.2 Å². The third-order valence-electron chi connectivity index (χ3n) is 2.31. The van der Waals surface area contributed by atoms with Gasteiger partial charge in [0.15, 0.2) is 23.3 Å². The van der Waals surface area contributed by atoms with Crippen molar-refractivity contribution >= 4 is 17.7 Å². The molecule has 21 heavy (non-hydrogen) atoms. The molecule has 1 unspecified atom stereocenters. The molecule has 1 rings (SSSR count). The van der Waals surface area contributed by atoms with E-state index in [0.717, 1.165) is 0 Å². The highest BCUT2D eigenvalue weighted by Crippen LogP contribution is 2.26. The van der Waals surface area contributed by atoms with E-state index in [9.17, 15) is 31.5 Å². The lowest BCUT2D eigenvalue weighted by Gasteiger charge is -2.14. The first-order chi connectivity index (χ1) is 9.65. The number of rotatable bonds is 4. The Morgan fingerprint density at radius 3 is 1.86 bits per heavy atom. The van der Waals surface area contributed by atoms with E-state index in [2.05, 4.69) is 0 Å². The molecule has 1 aromatic rings. The number of aliphatic carboxylic acids is 1. The molecule has 0 saturated heterocycles. The number of benzene rings is 1. The number of anilines is 1. The van der Waals surface area contributed by atoms with Gasteiger partial charge >= 0.3 is 12.0 Å². The summed E-state index contributed by atoms with van der Waals surface area (Å²) in [5.74, 6) is -12.4. The van der Waals surface area contributed by atoms with Crippen LogP contribution in [-0.2, 0) is 4.79 Å². The second-order valence-electron chi connectivity index (χ2n) is 4.04. The van der Waals surface area contributed by atoms with Crippen molar-refractivity contribution in [3.05, 3.63) is 29.1 Å². The van der Waals surface area contributed by atoms with Crippen LogP contribution in [0.3, 0.4) is 0 Å². The van der Waals surface area contributed by atoms with Crippen LogP contribution >= 0.6 is 0 Å². The first-order valence-corrected chi connectivity index (χ1v) is 5.45. The average Bonchev–Trinajstić information content (AvgIpc) is 2.38. The largest absolute Gasteiger partial charge is 0.481 e. The van der Waals surface area contributed by atoms with Gasteiger partial charge in [0.05, 0.1) is 6.42 Å². The minimum Gasteiger partial charge on any atom is -0.481 e. The fourth-order valence-corrected chi connectivity index (χ4v) is 1.40. The smallest absolute Gasteiger partial charge is 0.319 e. The molecule has 0 heterocycles. The van der Waals surface area contributed by atoms with Gasteiger partial charge in [0.2, 0.25) is 5.82 Å². The van der Waals surface area contributed by atoms with Crippen molar-refractivity contribution < 1.29 is 36.6 Å². The quantitative estimate of drug-likeness (QED) is 0.454. The molecule has 1 atom stereocenters. The fraction of sp³-hybridized carbons (Fsp3) is 0.273. The monoisotopic (exact) mass is 312 g/mol. The molecule has 116 valence electrons. The molecule has 0 radical (unpaired) electrons. The van der Waals surface area contributed by atoms with Gasteiger partial charge in [-0.1, -0.05) is 0 Å². The van der Waals surface area contributed by atoms with Crippen molar-refractivity contribution in [2.75, 3.05) is 5.32 Å². The number of amides is 2. The zero-order valence-corrected chi connectivity index (χ0v) is 10.4. The molecule has 0 aliphatic carbocycles. The van der Waals surface area contributed by atoms with E-state index in [1.807, 2.05) is 5.32 Å². The van der Waals surface area contributed by atoms with Crippen LogP contribution in [-0.4, -0.2) is 23.1 Å². The summed E-state index contributed by atoms with van der Waals surface area (Å²) in [6.45, 7) is 1.27. The van der Waals surface area contributed by atoms with Crippen LogP contribution in [0.25, 0.3) is 0 Å². The van der Waals surface area contributed by atoms with Gasteiger partial charge in [-0.3, -0.25) is 4.79 Å². The maximum atomic E-state index is 13.3. The van der Waals surface area contributed by atoms with Gasteiger partial charge in [-0.25, -0.2) is 26.7 Å². The fourth-order valence-electron chi connectivity index (χ4n) is 1.40. The Kier molecular flexibility index (Phi) is 5.06. The predicted octanol–water partition coefficient (Wildman–Crippen LogP) is 2.37. The van der Waals surface area contributed by atoms with E-state index < -0.39 is 59.2 Å². The summed E-state index contributed by atoms with van der Waals surface area (Å²) in [6.07, 6.45) is -0.496. The van der Waals surface area contributed by atoms with Crippen LogP contribution in [0.2, 0.25) is 0 Å². The highest BCUT2D eigenvalue weighted by atomic mass is 19.2. The van der Waals surface area contributed by atoms with Crippen LogP contribution in [0.4, 0.5) is 32.4 Å². The number of hydrogen-bond donors (Lipinski definition) is 3. The predicted molar refractivity (Wildman–Crippen MR) is 60.1 cm³/mol. The number of urea groups is 1. The van der Waals surface area contributed by atoms with Crippen LogP contribution in [0.5, 0.6) is 0 Å². The molecule has 5 nitrogen and oxygen atoms in total. The van der Waals surface area contributed by atoms with Crippen molar-refractivity contribution in [2.24, 2.45) is 0 Å². The number of carbonyl (C=O) groups is 2. The van der Waals surface area contributed by atoms with Crippen LogP contribution in [0.15, 0.2) is 0 Å². The summed E-state index contributed by atoms with van der Waals surface area (Å²) in [6, 6.07) is -2.24. The Bertz CT molecular complexity index is 565. The van der Waals surface area contributed by atoms with Gasteiger partial charge < -0.3 is 15.7 Å². The second-order valence-corrected chi connectivity index (χ2v) is 4.04. The Morgan fingerprint density at radius 1 is 1.00 bits per heavy atom. The third-order valence-corrected chi connectivity index (χ3v) is 2.31. The Balaban J connectivity index is 2.94. The summed E-state index contributed by atoms with van der Waals surface area (Å²) >= 11 is 0. The van der Waals surface area contributed by atoms with E-state index in [4.69, 9.17) is 5.11 Å². The van der Waals surface area contributed by atoms with Gasteiger partial charge in [0.25, 0.3) is 0 Å². The molecule has 0 bridgehead atoms. The van der Waals surface area contributed by atoms with Gasteiger partial charge in [-0.15, -0.1) is 0 Å². The second kappa shape index (κ2) is 6.37. The molecule has 3 N–H and O–H groups in total. The maximum absolute atomic E-state index is 13.3. The minimum absolute atomic E-state index is 0.496. The zero-order valence-electron chi connectivity index (χ0n) is 10.4. The van der Waals surface area contributed by atoms with E-state index in [0.29, 0.717) is 0 Å². The number of hydrogen-bond acceptors (Lipinski definition) is 2. The summed E-state index contributed by atoms with van der Waals surface area (Å²) in [5.41, 5.74) is -1.52. The van der Waals surface area contributed by atoms with Crippen LogP contribution in [0.1, 0.15) is 13.3 Å². The molecule has 0 aliphatic heterocycles. The van der Waals surface area contributed by atoms with Gasteiger partial charge in [-0.2, -0.15) is 0 Å². The van der Waals surface area contributed by atoms with E-state index in [-0.39, 0.29) is 0 Å². The first-order valence-electron chi connectivity index (χ1n) is 5.45. The molecule has 2 amide bonds. The summed E-state index contributed by atoms with van der Waals surface area (Å²) in [7, 11) is 0. The average molecular weight is 312 g/mol. The molecular weight excluding hydrogens is 303 g/mol. The van der Waals surface area contributed by atoms with Crippen molar-refractivity contribution in [2.45, 2.75) is 19.4 Å². The molecule has 0 aromatic heterocycles. The van der Waals surface area contributed by atoms with Crippen molar-refractivity contribution in [3.8, 4) is 0 Å². The summed E-state index contributed by atoms with van der Waals surface area (Å²) in [5, 5.41) is 11.9. The van der Waals surface area contributed by atoms with Gasteiger partial charge in [-0.05, 0) is 6.92 Å². The molecule has 0 saturated carbocycles. The Morgan fingerprint density at radius 2 is 1.43 bits per heavy atom. The maximum Gasteiger partial charge on any atom is 0.319 e. The molecule has 10 heteroatoms. The lowest BCUT2D eigenvalue weighted by atomic mass is 10.2. The van der Waals surface area contributed by atoms with Crippen molar-refractivity contribution in [1.82, 2.24) is 5.32 Å². The lowest BCUT2D eigenvalue weighted by molar-refractivity contribution is -0.137. The summed E-state index contributed by atoms with van der Waals surface area (Å²) in [4.78, 5) is 21.7. The highest BCUT2D eigenvalue weighted by molar-refractivity contribution is 5.90. The van der Waals surface area contributed by atoms with E-state index in [1.54, 1.807) is 0 Å². The zero-order chi connectivity index (χ0) is 16.3. The molecule has 1 aromatic carbocycles. The number of carboxylic acids is 1. The first kappa shape index (κ1) is 16.7. The van der Waals surface area contributed by atoms with Crippen molar-refractivity contribution in [1.29, 1.82) is 0 Å². The summed E-state index contributed by atoms with van der Waals surface area (Å²) < 4.78 is 65.0.